The number of rotatable bonds is 2. The van der Waals surface area contributed by atoms with Gasteiger partial charge in [-0.05, 0) is 59.4 Å². The molecule has 0 saturated heterocycles. The minimum atomic E-state index is -0.750. The Balaban J connectivity index is 1.55. The van der Waals surface area contributed by atoms with Crippen LogP contribution in [0.4, 0.5) is 5.69 Å². The van der Waals surface area contributed by atoms with Crippen molar-refractivity contribution in [1.82, 2.24) is 5.32 Å². The molecule has 0 bridgehead atoms. The minimum absolute atomic E-state index is 0.733. The van der Waals surface area contributed by atoms with Crippen LogP contribution in [0.5, 0.6) is 0 Å². The fourth-order valence-corrected chi connectivity index (χ4v) is 5.67. The van der Waals surface area contributed by atoms with Gasteiger partial charge in [-0.1, -0.05) is 68.3 Å². The first-order chi connectivity index (χ1) is 15.5. The fraction of sp³-hybridized carbons (Fsp3) is 0.154. The van der Waals surface area contributed by atoms with E-state index in [1.54, 1.807) is 0 Å². The Bertz CT molecular complexity index is 1410. The van der Waals surface area contributed by atoms with Crippen molar-refractivity contribution >= 4 is 54.4 Å². The van der Waals surface area contributed by atoms with Crippen LogP contribution in [-0.4, -0.2) is 22.7 Å². The lowest BCUT2D eigenvalue weighted by atomic mass is 9.88. The number of fused-ring (bicyclic) bond motifs is 4. The number of hydrogen-bond acceptors (Lipinski definition) is 4. The average Bonchev–Trinajstić information content (AvgIpc) is 3.31. The molecule has 4 N–H and O–H groups in total. The first kappa shape index (κ1) is 20.2. The van der Waals surface area contributed by atoms with Crippen molar-refractivity contribution < 1.29 is 10.2 Å². The minimum Gasteiger partial charge on any atom is -0.369 e. The average molecular weight is 552 g/mol. The fourth-order valence-electron chi connectivity index (χ4n) is 5.14. The summed E-state index contributed by atoms with van der Waals surface area (Å²) < 4.78 is 2.03. The molecule has 2 heterocycles. The Morgan fingerprint density at radius 3 is 1.88 bits per heavy atom. The van der Waals surface area contributed by atoms with E-state index in [9.17, 15) is 10.2 Å². The Morgan fingerprint density at radius 1 is 0.656 bits per heavy atom. The third-order valence-corrected chi connectivity index (χ3v) is 7.60. The molecule has 3 aromatic rings. The lowest BCUT2D eigenvalue weighted by molar-refractivity contribution is 0.220. The van der Waals surface area contributed by atoms with Crippen molar-refractivity contribution in [1.29, 1.82) is 0 Å². The van der Waals surface area contributed by atoms with Gasteiger partial charge in [0.15, 0.2) is 12.5 Å². The van der Waals surface area contributed by atoms with Crippen molar-refractivity contribution in [3.8, 4) is 0 Å². The molecular weight excluding hydrogens is 532 g/mol. The lowest BCUT2D eigenvalue weighted by Crippen LogP contribution is -2.30. The van der Waals surface area contributed by atoms with E-state index in [1.807, 2.05) is 48.5 Å². The smallest absolute Gasteiger partial charge is 0.152 e. The molecule has 6 heteroatoms. The van der Waals surface area contributed by atoms with E-state index in [-0.39, 0.29) is 0 Å². The van der Waals surface area contributed by atoms with Gasteiger partial charge in [-0.15, -0.1) is 0 Å². The van der Waals surface area contributed by atoms with E-state index in [4.69, 9.17) is 0 Å². The van der Waals surface area contributed by atoms with Crippen LogP contribution in [0.2, 0.25) is 0 Å². The maximum absolute atomic E-state index is 10.9. The predicted molar refractivity (Wildman–Crippen MR) is 134 cm³/mol. The third-order valence-electron chi connectivity index (χ3n) is 6.54. The second kappa shape index (κ2) is 7.59. The standard InChI is InChI=1S/C26H20Br2N2O2/c27-15-5-1-13(2-6-15)21-19-11-9-18-17(23(19)29-25(21)31)10-12-20-22(26(32)30-24(18)20)14-3-7-16(28)8-4-14/h1-9,11,25-26,29-32H,10,12H2. The van der Waals surface area contributed by atoms with Gasteiger partial charge >= 0.3 is 0 Å². The van der Waals surface area contributed by atoms with Crippen LogP contribution in [-0.2, 0) is 6.42 Å². The first-order valence-corrected chi connectivity index (χ1v) is 12.1. The summed E-state index contributed by atoms with van der Waals surface area (Å²) in [6.45, 7) is 0. The second-order valence-electron chi connectivity index (χ2n) is 8.30. The Labute approximate surface area is 202 Å². The highest BCUT2D eigenvalue weighted by Gasteiger charge is 2.33. The molecule has 2 atom stereocenters. The van der Waals surface area contributed by atoms with Gasteiger partial charge in [0.1, 0.15) is 0 Å². The molecular formula is C26H20Br2N2O2. The van der Waals surface area contributed by atoms with Gasteiger partial charge in [-0.2, -0.15) is 0 Å². The van der Waals surface area contributed by atoms with Crippen LogP contribution in [0, 0.1) is 0 Å². The Morgan fingerprint density at radius 2 is 1.22 bits per heavy atom. The van der Waals surface area contributed by atoms with E-state index in [2.05, 4.69) is 54.6 Å². The molecule has 32 heavy (non-hydrogen) atoms. The van der Waals surface area contributed by atoms with E-state index < -0.39 is 12.5 Å². The number of benzene rings is 3. The molecule has 0 aromatic heterocycles. The van der Waals surface area contributed by atoms with Crippen molar-refractivity contribution in [2.45, 2.75) is 25.3 Å². The molecule has 0 radical (unpaired) electrons. The highest BCUT2D eigenvalue weighted by atomic mass is 79.9. The van der Waals surface area contributed by atoms with Crippen molar-refractivity contribution in [3.05, 3.63) is 102 Å². The van der Waals surface area contributed by atoms with Crippen LogP contribution >= 0.6 is 31.9 Å². The van der Waals surface area contributed by atoms with Crippen LogP contribution in [0.1, 0.15) is 23.1 Å². The van der Waals surface area contributed by atoms with Gasteiger partial charge in [-0.3, -0.25) is 0 Å². The second-order valence-corrected chi connectivity index (χ2v) is 10.1. The maximum Gasteiger partial charge on any atom is 0.152 e. The summed E-state index contributed by atoms with van der Waals surface area (Å²) >= 11 is 6.97. The number of hydrogen-bond donors (Lipinski definition) is 4. The first-order valence-electron chi connectivity index (χ1n) is 10.6. The molecule has 3 aromatic carbocycles. The predicted octanol–water partition coefficient (Wildman–Crippen LogP) is 3.58. The Hall–Kier alpha value is -2.38. The number of aliphatic hydroxyl groups excluding tert-OH is 2. The topological polar surface area (TPSA) is 64.5 Å². The van der Waals surface area contributed by atoms with Gasteiger partial charge in [0.25, 0.3) is 0 Å². The third kappa shape index (κ3) is 3.09. The summed E-state index contributed by atoms with van der Waals surface area (Å²) in [5.74, 6) is 0. The zero-order chi connectivity index (χ0) is 22.0. The summed E-state index contributed by atoms with van der Waals surface area (Å²) in [4.78, 5) is 0. The number of anilines is 1. The van der Waals surface area contributed by atoms with Crippen LogP contribution in [0.15, 0.2) is 75.2 Å². The quantitative estimate of drug-likeness (QED) is 0.393. The molecule has 0 amide bonds. The number of halogens is 2. The number of nitrogens with one attached hydrogen (secondary N) is 2. The lowest BCUT2D eigenvalue weighted by Gasteiger charge is -2.19. The molecule has 6 rings (SSSR count). The summed E-state index contributed by atoms with van der Waals surface area (Å²) in [6.07, 6.45) is 0.197. The van der Waals surface area contributed by atoms with Gasteiger partial charge in [-0.25, -0.2) is 0 Å². The zero-order valence-corrected chi connectivity index (χ0v) is 20.2. The van der Waals surface area contributed by atoms with E-state index in [0.717, 1.165) is 65.9 Å². The molecule has 2 unspecified atom stereocenters. The maximum atomic E-state index is 10.9. The summed E-state index contributed by atoms with van der Waals surface area (Å²) in [5, 5.41) is 30.4. The van der Waals surface area contributed by atoms with Gasteiger partial charge in [0, 0.05) is 41.9 Å². The van der Waals surface area contributed by atoms with Gasteiger partial charge in [0.2, 0.25) is 0 Å². The molecule has 2 aliphatic heterocycles. The highest BCUT2D eigenvalue weighted by molar-refractivity contribution is 9.10. The monoisotopic (exact) mass is 550 g/mol. The molecule has 160 valence electrons. The van der Waals surface area contributed by atoms with Gasteiger partial charge < -0.3 is 20.8 Å². The van der Waals surface area contributed by atoms with Crippen molar-refractivity contribution in [3.63, 3.8) is 0 Å². The SMILES string of the molecule is OC1NC2=c3ccc4c(c3CCC2=C1c1ccc(Br)cc1)NC(O)C=4c1ccc(Br)cc1. The molecule has 0 fully saturated rings. The van der Waals surface area contributed by atoms with Crippen molar-refractivity contribution in [2.24, 2.45) is 0 Å². The Kier molecular flexibility index (Phi) is 4.80. The van der Waals surface area contributed by atoms with E-state index in [1.165, 1.54) is 11.1 Å². The van der Waals surface area contributed by atoms with E-state index in [0.29, 0.717) is 0 Å². The molecule has 3 aliphatic rings. The number of aliphatic hydroxyl groups is 2. The molecule has 0 saturated carbocycles. The molecule has 4 nitrogen and oxygen atoms in total. The normalized spacial score (nSPS) is 21.1. The summed E-state index contributed by atoms with van der Waals surface area (Å²) in [5.41, 5.74) is 8.23. The van der Waals surface area contributed by atoms with Crippen LogP contribution in [0.3, 0.4) is 0 Å². The van der Waals surface area contributed by atoms with Crippen LogP contribution < -0.4 is 21.1 Å². The molecule has 0 spiro atoms. The zero-order valence-electron chi connectivity index (χ0n) is 17.0. The van der Waals surface area contributed by atoms with Crippen molar-refractivity contribution in [2.75, 3.05) is 5.32 Å². The highest BCUT2D eigenvalue weighted by Crippen LogP contribution is 2.38. The largest absolute Gasteiger partial charge is 0.369 e. The summed E-state index contributed by atoms with van der Waals surface area (Å²) in [7, 11) is 0. The van der Waals surface area contributed by atoms with Gasteiger partial charge in [0.05, 0.1) is 0 Å². The molecule has 1 aliphatic carbocycles. The van der Waals surface area contributed by atoms with Crippen LogP contribution in [0.25, 0.3) is 16.8 Å². The summed E-state index contributed by atoms with van der Waals surface area (Å²) in [6, 6.07) is 20.3. The van der Waals surface area contributed by atoms with E-state index >= 15 is 0 Å².